The highest BCUT2D eigenvalue weighted by molar-refractivity contribution is 6.39. The number of hydrogen-bond donors (Lipinski definition) is 0. The van der Waals surface area contributed by atoms with Gasteiger partial charge < -0.3 is 9.26 Å². The van der Waals surface area contributed by atoms with Crippen LogP contribution in [0.3, 0.4) is 0 Å². The van der Waals surface area contributed by atoms with Gasteiger partial charge in [-0.2, -0.15) is 0 Å². The Balaban J connectivity index is 1.22. The molecule has 2 heterocycles. The van der Waals surface area contributed by atoms with E-state index in [-0.39, 0.29) is 12.5 Å². The molecule has 4 aromatic rings. The van der Waals surface area contributed by atoms with Crippen LogP contribution in [-0.4, -0.2) is 11.1 Å². The summed E-state index contributed by atoms with van der Waals surface area (Å²) in [7, 11) is 0. The molecule has 1 amide bonds. The summed E-state index contributed by atoms with van der Waals surface area (Å²) in [5.41, 5.74) is 4.75. The average molecular weight is 542 g/mol. The maximum absolute atomic E-state index is 13.5. The van der Waals surface area contributed by atoms with E-state index in [1.807, 2.05) is 30.3 Å². The molecule has 1 aliphatic heterocycles. The molecule has 2 saturated carbocycles. The van der Waals surface area contributed by atoms with Crippen LogP contribution in [-0.2, 0) is 16.8 Å². The molecule has 0 atom stereocenters. The molecule has 0 unspecified atom stereocenters. The maximum atomic E-state index is 13.5. The van der Waals surface area contributed by atoms with Crippen LogP contribution in [0.5, 0.6) is 5.75 Å². The third kappa shape index (κ3) is 3.61. The number of carbonyl (C=O) groups is 1. The smallest absolute Gasteiger partial charge is 0.242 e. The van der Waals surface area contributed by atoms with Gasteiger partial charge in [0.15, 0.2) is 5.69 Å². The zero-order valence-corrected chi connectivity index (χ0v) is 21.7. The summed E-state index contributed by atoms with van der Waals surface area (Å²) >= 11 is 13.0. The van der Waals surface area contributed by atoms with Crippen LogP contribution in [0.2, 0.25) is 10.0 Å². The van der Waals surface area contributed by atoms with Crippen LogP contribution >= 0.6 is 23.2 Å². The zero-order valence-electron chi connectivity index (χ0n) is 20.2. The normalized spacial score (nSPS) is 17.0. The van der Waals surface area contributed by atoms with Crippen molar-refractivity contribution in [1.29, 1.82) is 0 Å². The molecule has 38 heavy (non-hydrogen) atoms. The van der Waals surface area contributed by atoms with E-state index < -0.39 is 5.41 Å². The summed E-state index contributed by atoms with van der Waals surface area (Å²) in [6, 6.07) is 18.3. The van der Waals surface area contributed by atoms with E-state index >= 15 is 0 Å². The summed E-state index contributed by atoms with van der Waals surface area (Å²) in [5, 5.41) is 5.36. The van der Waals surface area contributed by atoms with E-state index in [4.69, 9.17) is 39.0 Å². The van der Waals surface area contributed by atoms with Crippen molar-refractivity contribution >= 4 is 46.2 Å². The van der Waals surface area contributed by atoms with Crippen LogP contribution < -0.4 is 9.64 Å². The lowest BCUT2D eigenvalue weighted by molar-refractivity contribution is -0.119. The van der Waals surface area contributed by atoms with Crippen molar-refractivity contribution in [3.8, 4) is 17.0 Å². The van der Waals surface area contributed by atoms with Gasteiger partial charge in [0, 0.05) is 17.2 Å². The molecule has 188 valence electrons. The van der Waals surface area contributed by atoms with Gasteiger partial charge in [0.05, 0.1) is 33.3 Å². The van der Waals surface area contributed by atoms with Gasteiger partial charge in [-0.1, -0.05) is 46.6 Å². The second kappa shape index (κ2) is 8.62. The van der Waals surface area contributed by atoms with Gasteiger partial charge in [-0.15, -0.1) is 0 Å². The average Bonchev–Trinajstić information content (AvgIpc) is 3.86. The number of amides is 1. The third-order valence-corrected chi connectivity index (χ3v) is 8.30. The first-order chi connectivity index (χ1) is 18.5. The van der Waals surface area contributed by atoms with Crippen molar-refractivity contribution in [3.63, 3.8) is 0 Å². The number of hydrogen-bond acceptors (Lipinski definition) is 4. The Morgan fingerprint density at radius 2 is 1.82 bits per heavy atom. The van der Waals surface area contributed by atoms with Gasteiger partial charge in [-0.25, -0.2) is 4.85 Å². The van der Waals surface area contributed by atoms with Crippen molar-refractivity contribution in [2.75, 3.05) is 4.90 Å². The number of rotatable bonds is 6. The van der Waals surface area contributed by atoms with Gasteiger partial charge in [-0.3, -0.25) is 9.69 Å². The van der Waals surface area contributed by atoms with Crippen LogP contribution in [0, 0.1) is 6.57 Å². The predicted octanol–water partition coefficient (Wildman–Crippen LogP) is 8.37. The molecule has 0 saturated heterocycles. The van der Waals surface area contributed by atoms with E-state index in [2.05, 4.69) is 10.0 Å². The van der Waals surface area contributed by atoms with Crippen LogP contribution in [0.4, 0.5) is 17.1 Å². The highest BCUT2D eigenvalue weighted by atomic mass is 35.5. The molecule has 0 radical (unpaired) electrons. The number of carbonyl (C=O) groups excluding carboxylic acids is 1. The lowest BCUT2D eigenvalue weighted by Crippen LogP contribution is -2.27. The van der Waals surface area contributed by atoms with Crippen molar-refractivity contribution in [1.82, 2.24) is 5.16 Å². The topological polar surface area (TPSA) is 59.9 Å². The fourth-order valence-corrected chi connectivity index (χ4v) is 5.94. The Hall–Kier alpha value is -3.79. The Morgan fingerprint density at radius 1 is 1.08 bits per heavy atom. The van der Waals surface area contributed by atoms with Crippen molar-refractivity contribution in [2.24, 2.45) is 0 Å². The lowest BCUT2D eigenvalue weighted by Gasteiger charge is -2.18. The van der Waals surface area contributed by atoms with Crippen molar-refractivity contribution in [2.45, 2.75) is 43.6 Å². The number of fused-ring (bicyclic) bond motifs is 2. The van der Waals surface area contributed by atoms with E-state index in [1.165, 1.54) is 0 Å². The minimum Gasteiger partial charge on any atom is -0.489 e. The van der Waals surface area contributed by atoms with Crippen molar-refractivity contribution < 1.29 is 14.1 Å². The molecule has 1 aromatic heterocycles. The molecule has 0 bridgehead atoms. The Bertz CT molecular complexity index is 1630. The number of nitrogens with zero attached hydrogens (tertiary/aromatic N) is 3. The summed E-state index contributed by atoms with van der Waals surface area (Å²) in [6.45, 7) is 7.44. The number of aromatic nitrogens is 1. The summed E-state index contributed by atoms with van der Waals surface area (Å²) in [6.07, 6.45) is 3.72. The Morgan fingerprint density at radius 3 is 2.47 bits per heavy atom. The molecule has 3 aromatic carbocycles. The first kappa shape index (κ1) is 23.3. The van der Waals surface area contributed by atoms with Gasteiger partial charge in [-0.05, 0) is 73.7 Å². The number of anilines is 2. The molecule has 1 spiro atoms. The van der Waals surface area contributed by atoms with Gasteiger partial charge in [0.25, 0.3) is 0 Å². The molecule has 2 fully saturated rings. The zero-order chi connectivity index (χ0) is 26.0. The van der Waals surface area contributed by atoms with Gasteiger partial charge >= 0.3 is 0 Å². The van der Waals surface area contributed by atoms with Crippen molar-refractivity contribution in [3.05, 3.63) is 99.0 Å². The predicted molar refractivity (Wildman–Crippen MR) is 145 cm³/mol. The Labute approximate surface area is 229 Å². The van der Waals surface area contributed by atoms with E-state index in [0.29, 0.717) is 38.7 Å². The fraction of sp³-hybridized carbons (Fsp3) is 0.233. The third-order valence-electron chi connectivity index (χ3n) is 7.67. The van der Waals surface area contributed by atoms with Crippen LogP contribution in [0.1, 0.15) is 48.5 Å². The SMILES string of the molecule is [C-]#[N+]c1ccc(N2C(=O)C3(CC3)c3cc(OCc4c(-c5c(Cl)cccc5Cl)noc4C4CC4)ccc32)cc1. The molecule has 8 heteroatoms. The number of halogens is 2. The van der Waals surface area contributed by atoms with Gasteiger partial charge in [0.1, 0.15) is 23.8 Å². The van der Waals surface area contributed by atoms with E-state index in [1.54, 1.807) is 35.2 Å². The number of benzene rings is 3. The summed E-state index contributed by atoms with van der Waals surface area (Å²) in [5.74, 6) is 1.89. The van der Waals surface area contributed by atoms with Gasteiger partial charge in [0.2, 0.25) is 5.91 Å². The molecular formula is C30H21Cl2N3O3. The van der Waals surface area contributed by atoms with E-state index in [9.17, 15) is 4.79 Å². The fourth-order valence-electron chi connectivity index (χ4n) is 5.37. The monoisotopic (exact) mass is 541 g/mol. The first-order valence-corrected chi connectivity index (χ1v) is 13.3. The standard InChI is InChI=1S/C30H21Cl2N3O3/c1-33-18-7-9-19(10-8-18)35-25-12-11-20(15-22(25)30(13-14-30)29(35)36)37-16-21-27(34-38-28(21)17-5-6-17)26-23(31)3-2-4-24(26)32/h2-4,7-12,15,17H,5-6,13-14,16H2. The quantitative estimate of drug-likeness (QED) is 0.230. The first-order valence-electron chi connectivity index (χ1n) is 12.5. The highest BCUT2D eigenvalue weighted by Crippen LogP contribution is 2.59. The molecule has 0 N–H and O–H groups in total. The Kier molecular flexibility index (Phi) is 5.30. The molecule has 3 aliphatic rings. The second-order valence-electron chi connectivity index (χ2n) is 10.1. The molecular weight excluding hydrogens is 521 g/mol. The number of ether oxygens (including phenoxy) is 1. The molecule has 7 rings (SSSR count). The van der Waals surface area contributed by atoms with Crippen LogP contribution in [0.25, 0.3) is 16.1 Å². The minimum atomic E-state index is -0.500. The molecule has 2 aliphatic carbocycles. The highest BCUT2D eigenvalue weighted by Gasteiger charge is 2.59. The molecule has 6 nitrogen and oxygen atoms in total. The lowest BCUT2D eigenvalue weighted by atomic mass is 9.98. The van der Waals surface area contributed by atoms with E-state index in [0.717, 1.165) is 53.9 Å². The minimum absolute atomic E-state index is 0.0749. The maximum Gasteiger partial charge on any atom is 0.242 e. The largest absolute Gasteiger partial charge is 0.489 e. The second-order valence-corrected chi connectivity index (χ2v) is 10.9. The summed E-state index contributed by atoms with van der Waals surface area (Å²) in [4.78, 5) is 18.8. The summed E-state index contributed by atoms with van der Waals surface area (Å²) < 4.78 is 12.1. The van der Waals surface area contributed by atoms with Crippen LogP contribution in [0.15, 0.2) is 65.2 Å².